The molecule has 3 atom stereocenters. The Kier molecular flexibility index (Phi) is 5.00. The summed E-state index contributed by atoms with van der Waals surface area (Å²) in [5.74, 6) is 3.73. The number of aliphatic hydroxyl groups is 1. The summed E-state index contributed by atoms with van der Waals surface area (Å²) in [4.78, 5) is 25.6. The third kappa shape index (κ3) is 3.26. The number of hydrogen-bond donors (Lipinski definition) is 1. The molecule has 1 aliphatic carbocycles. The lowest BCUT2D eigenvalue weighted by atomic mass is 9.76. The normalized spacial score (nSPS) is 28.4. The molecule has 2 aromatic rings. The van der Waals surface area contributed by atoms with E-state index in [1.165, 1.54) is 0 Å². The van der Waals surface area contributed by atoms with Crippen molar-refractivity contribution in [2.45, 2.75) is 29.7 Å². The van der Waals surface area contributed by atoms with Crippen molar-refractivity contribution in [2.24, 2.45) is 11.8 Å². The third-order valence-electron chi connectivity index (χ3n) is 7.53. The lowest BCUT2D eigenvalue weighted by Gasteiger charge is -2.51. The van der Waals surface area contributed by atoms with Gasteiger partial charge in [-0.1, -0.05) is 11.6 Å². The van der Waals surface area contributed by atoms with E-state index in [0.29, 0.717) is 40.0 Å². The Morgan fingerprint density at radius 1 is 1.03 bits per heavy atom. The number of halogens is 1. The fourth-order valence-electron chi connectivity index (χ4n) is 5.60. The SMILES string of the molecule is O=[S@]1CCN(C2(CO)CCC2)c2nc(N3CC4CN(c5ncc(Cl)cn5)CC4C3)ncc21. The Morgan fingerprint density at radius 3 is 2.25 bits per heavy atom. The Balaban J connectivity index is 1.22. The van der Waals surface area contributed by atoms with Gasteiger partial charge in [-0.05, 0) is 19.3 Å². The van der Waals surface area contributed by atoms with E-state index in [4.69, 9.17) is 16.6 Å². The van der Waals surface area contributed by atoms with Gasteiger partial charge in [0, 0.05) is 50.3 Å². The molecule has 0 radical (unpaired) electrons. The second kappa shape index (κ2) is 7.78. The molecule has 1 saturated carbocycles. The maximum atomic E-state index is 12.6. The average Bonchev–Trinajstić information content (AvgIpc) is 3.35. The Morgan fingerprint density at radius 2 is 1.66 bits per heavy atom. The number of aliphatic hydroxyl groups excluding tert-OH is 1. The molecule has 0 spiro atoms. The molecule has 11 heteroatoms. The molecular formula is C21H26ClN7O2S. The molecule has 1 N–H and O–H groups in total. The smallest absolute Gasteiger partial charge is 0.227 e. The lowest BCUT2D eigenvalue weighted by Crippen LogP contribution is -2.59. The minimum Gasteiger partial charge on any atom is -0.394 e. The maximum absolute atomic E-state index is 12.6. The minimum absolute atomic E-state index is 0.106. The highest BCUT2D eigenvalue weighted by Gasteiger charge is 2.46. The second-order valence-corrected chi connectivity index (χ2v) is 11.3. The van der Waals surface area contributed by atoms with Gasteiger partial charge in [0.1, 0.15) is 0 Å². The molecule has 2 unspecified atom stereocenters. The van der Waals surface area contributed by atoms with Crippen LogP contribution in [0.4, 0.5) is 17.7 Å². The predicted molar refractivity (Wildman–Crippen MR) is 123 cm³/mol. The van der Waals surface area contributed by atoms with Crippen molar-refractivity contribution in [3.05, 3.63) is 23.6 Å². The van der Waals surface area contributed by atoms with Gasteiger partial charge >= 0.3 is 0 Å². The molecular weight excluding hydrogens is 450 g/mol. The monoisotopic (exact) mass is 475 g/mol. The minimum atomic E-state index is -1.09. The van der Waals surface area contributed by atoms with Crippen LogP contribution in [0, 0.1) is 11.8 Å². The van der Waals surface area contributed by atoms with Crippen molar-refractivity contribution >= 4 is 40.1 Å². The van der Waals surface area contributed by atoms with Crippen LogP contribution in [-0.4, -0.2) is 79.9 Å². The van der Waals surface area contributed by atoms with Crippen LogP contribution in [0.25, 0.3) is 0 Å². The average molecular weight is 476 g/mol. The summed E-state index contributed by atoms with van der Waals surface area (Å²) in [5.41, 5.74) is -0.258. The van der Waals surface area contributed by atoms with E-state index in [2.05, 4.69) is 29.7 Å². The first kappa shape index (κ1) is 20.6. The zero-order valence-electron chi connectivity index (χ0n) is 17.7. The van der Waals surface area contributed by atoms with E-state index < -0.39 is 10.8 Å². The van der Waals surface area contributed by atoms with Crippen LogP contribution in [0.3, 0.4) is 0 Å². The van der Waals surface area contributed by atoms with E-state index in [-0.39, 0.29) is 12.1 Å². The van der Waals surface area contributed by atoms with Crippen LogP contribution in [0.15, 0.2) is 23.5 Å². The van der Waals surface area contributed by atoms with Gasteiger partial charge < -0.3 is 19.8 Å². The highest BCUT2D eigenvalue weighted by molar-refractivity contribution is 7.85. The molecule has 2 aromatic heterocycles. The number of rotatable bonds is 4. The van der Waals surface area contributed by atoms with Crippen LogP contribution in [-0.2, 0) is 10.8 Å². The fourth-order valence-corrected chi connectivity index (χ4v) is 6.79. The molecule has 32 heavy (non-hydrogen) atoms. The molecule has 170 valence electrons. The summed E-state index contributed by atoms with van der Waals surface area (Å²) in [7, 11) is -1.09. The Bertz CT molecular complexity index is 1030. The number of anilines is 3. The van der Waals surface area contributed by atoms with Crippen LogP contribution in [0.5, 0.6) is 0 Å². The third-order valence-corrected chi connectivity index (χ3v) is 9.06. The van der Waals surface area contributed by atoms with Crippen LogP contribution in [0.2, 0.25) is 5.02 Å². The predicted octanol–water partition coefficient (Wildman–Crippen LogP) is 1.34. The Hall–Kier alpha value is -2.04. The van der Waals surface area contributed by atoms with Gasteiger partial charge in [-0.25, -0.2) is 15.0 Å². The zero-order valence-corrected chi connectivity index (χ0v) is 19.3. The van der Waals surface area contributed by atoms with E-state index in [9.17, 15) is 9.32 Å². The van der Waals surface area contributed by atoms with E-state index in [1.807, 2.05) is 0 Å². The second-order valence-electron chi connectivity index (χ2n) is 9.33. The molecule has 0 bridgehead atoms. The molecule has 9 nitrogen and oxygen atoms in total. The molecule has 3 aliphatic heterocycles. The van der Waals surface area contributed by atoms with Gasteiger partial charge in [0.05, 0.1) is 51.5 Å². The first-order chi connectivity index (χ1) is 15.6. The van der Waals surface area contributed by atoms with Crippen LogP contribution in [0.1, 0.15) is 19.3 Å². The van der Waals surface area contributed by atoms with Gasteiger partial charge in [0.15, 0.2) is 5.82 Å². The van der Waals surface area contributed by atoms with Crippen molar-refractivity contribution in [3.63, 3.8) is 0 Å². The van der Waals surface area contributed by atoms with E-state index in [1.54, 1.807) is 18.6 Å². The van der Waals surface area contributed by atoms with Gasteiger partial charge in [-0.2, -0.15) is 4.98 Å². The summed E-state index contributed by atoms with van der Waals surface area (Å²) >= 11 is 5.92. The molecule has 5 heterocycles. The van der Waals surface area contributed by atoms with Crippen LogP contribution >= 0.6 is 11.6 Å². The molecule has 4 aliphatic rings. The number of fused-ring (bicyclic) bond motifs is 2. The standard InChI is InChI=1S/C21H26ClN7O2S/c22-16-6-23-19(24-7-16)27-9-14-11-28(12-15(14)10-27)20-25-8-17-18(26-20)29(4-5-32(17)31)21(13-30)2-1-3-21/h6-8,14-15,30H,1-5,9-13H2/t14?,15?,32-/m0/s1. The van der Waals surface area contributed by atoms with Crippen molar-refractivity contribution in [2.75, 3.05) is 59.8 Å². The molecule has 6 rings (SSSR count). The first-order valence-electron chi connectivity index (χ1n) is 11.2. The van der Waals surface area contributed by atoms with Crippen molar-refractivity contribution in [1.82, 2.24) is 19.9 Å². The fraction of sp³-hybridized carbons (Fsp3) is 0.619. The summed E-state index contributed by atoms with van der Waals surface area (Å²) in [6.07, 6.45) is 8.03. The maximum Gasteiger partial charge on any atom is 0.227 e. The van der Waals surface area contributed by atoms with Crippen molar-refractivity contribution in [3.8, 4) is 0 Å². The summed E-state index contributed by atoms with van der Waals surface area (Å²) in [5, 5.41) is 10.7. The van der Waals surface area contributed by atoms with Crippen molar-refractivity contribution in [1.29, 1.82) is 0 Å². The summed E-state index contributed by atoms with van der Waals surface area (Å²) in [6.45, 7) is 4.32. The molecule has 0 amide bonds. The Labute approximate surface area is 194 Å². The topological polar surface area (TPSA) is 98.6 Å². The van der Waals surface area contributed by atoms with Gasteiger partial charge in [-0.15, -0.1) is 0 Å². The van der Waals surface area contributed by atoms with Gasteiger partial charge in [0.2, 0.25) is 11.9 Å². The van der Waals surface area contributed by atoms with Crippen molar-refractivity contribution < 1.29 is 9.32 Å². The highest BCUT2D eigenvalue weighted by atomic mass is 35.5. The molecule has 3 fully saturated rings. The first-order valence-corrected chi connectivity index (χ1v) is 12.9. The number of nitrogens with zero attached hydrogens (tertiary/aromatic N) is 7. The van der Waals surface area contributed by atoms with E-state index >= 15 is 0 Å². The quantitative estimate of drug-likeness (QED) is 0.702. The van der Waals surface area contributed by atoms with Gasteiger partial charge in [-0.3, -0.25) is 4.21 Å². The zero-order chi connectivity index (χ0) is 21.9. The molecule has 2 saturated heterocycles. The molecule has 0 aromatic carbocycles. The number of hydrogen-bond acceptors (Lipinski definition) is 9. The summed E-state index contributed by atoms with van der Waals surface area (Å²) in [6, 6.07) is 0. The largest absolute Gasteiger partial charge is 0.394 e. The number of aromatic nitrogens is 4. The lowest BCUT2D eigenvalue weighted by molar-refractivity contribution is 0.115. The summed E-state index contributed by atoms with van der Waals surface area (Å²) < 4.78 is 12.6. The van der Waals surface area contributed by atoms with Gasteiger partial charge in [0.25, 0.3) is 0 Å². The van der Waals surface area contributed by atoms with E-state index in [0.717, 1.165) is 57.2 Å². The van der Waals surface area contributed by atoms with Crippen LogP contribution < -0.4 is 14.7 Å². The highest BCUT2D eigenvalue weighted by Crippen LogP contribution is 2.43.